The predicted octanol–water partition coefficient (Wildman–Crippen LogP) is 7.39. The molecule has 0 radical (unpaired) electrons. The van der Waals surface area contributed by atoms with E-state index in [1.807, 2.05) is 68.2 Å². The largest absolute Gasteiger partial charge is 0.351 e. The molecule has 1 N–H and O–H groups in total. The quantitative estimate of drug-likeness (QED) is 0.188. The van der Waals surface area contributed by atoms with Crippen LogP contribution in [0.5, 0.6) is 0 Å². The van der Waals surface area contributed by atoms with Gasteiger partial charge in [0.05, 0.1) is 29.1 Å². The van der Waals surface area contributed by atoms with Crippen molar-refractivity contribution in [3.63, 3.8) is 0 Å². The number of nitrogens with zero attached hydrogens (tertiary/aromatic N) is 5. The van der Waals surface area contributed by atoms with E-state index >= 15 is 0 Å². The topological polar surface area (TPSA) is 85.6 Å². The molecule has 7 heteroatoms. The number of rotatable bonds is 10. The number of nitrogens with one attached hydrogen (secondary N) is 1. The van der Waals surface area contributed by atoms with Gasteiger partial charge in [0, 0.05) is 55.6 Å². The highest BCUT2D eigenvalue weighted by Gasteiger charge is 2.35. The molecule has 238 valence electrons. The third-order valence-electron chi connectivity index (χ3n) is 10.4. The van der Waals surface area contributed by atoms with E-state index in [0.717, 1.165) is 71.6 Å². The van der Waals surface area contributed by atoms with Crippen LogP contribution in [0.15, 0.2) is 67.3 Å². The fourth-order valence-electron chi connectivity index (χ4n) is 7.78. The molecule has 6 rings (SSSR count). The number of pyridine rings is 1. The normalized spacial score (nSPS) is 22.1. The van der Waals surface area contributed by atoms with Crippen LogP contribution in [0, 0.1) is 30.1 Å². The smallest absolute Gasteiger partial charge is 0.229 e. The molecule has 2 fully saturated rings. The van der Waals surface area contributed by atoms with Gasteiger partial charge in [-0.3, -0.25) is 14.5 Å². The highest BCUT2D eigenvalue weighted by molar-refractivity contribution is 5.83. The molecule has 0 spiro atoms. The minimum absolute atomic E-state index is 0.0461. The molecular formula is C39H46N6O. The van der Waals surface area contributed by atoms with Crippen molar-refractivity contribution in [2.45, 2.75) is 89.5 Å². The fourth-order valence-corrected chi connectivity index (χ4v) is 7.78. The van der Waals surface area contributed by atoms with E-state index in [1.165, 1.54) is 32.1 Å². The van der Waals surface area contributed by atoms with Gasteiger partial charge >= 0.3 is 0 Å². The van der Waals surface area contributed by atoms with Crippen molar-refractivity contribution in [2.75, 3.05) is 0 Å². The van der Waals surface area contributed by atoms with Gasteiger partial charge in [0.25, 0.3) is 0 Å². The lowest BCUT2D eigenvalue weighted by Crippen LogP contribution is -2.35. The monoisotopic (exact) mass is 614 g/mol. The summed E-state index contributed by atoms with van der Waals surface area (Å²) in [7, 11) is 1.91. The number of hydrogen-bond donors (Lipinski definition) is 1. The van der Waals surface area contributed by atoms with Gasteiger partial charge in [-0.15, -0.1) is 6.42 Å². The first-order chi connectivity index (χ1) is 22.5. The number of carbonyl (C=O) groups is 1. The second-order valence-electron chi connectivity index (χ2n) is 13.3. The maximum atomic E-state index is 13.8. The SMILES string of the molecule is C#Cc1cnc(CC2CCC(C(C(=O)NCc3ccccc3)c3ccc(-c4cnn(C)c4)cn3)CC2)nc1C1CCCCC1CC. The summed E-state index contributed by atoms with van der Waals surface area (Å²) in [5.74, 6) is 5.33. The van der Waals surface area contributed by atoms with Crippen molar-refractivity contribution >= 4 is 5.91 Å². The zero-order chi connectivity index (χ0) is 31.9. The highest BCUT2D eigenvalue weighted by Crippen LogP contribution is 2.41. The summed E-state index contributed by atoms with van der Waals surface area (Å²) in [4.78, 5) is 28.6. The summed E-state index contributed by atoms with van der Waals surface area (Å²) in [6, 6.07) is 14.2. The van der Waals surface area contributed by atoms with Crippen LogP contribution in [-0.4, -0.2) is 30.6 Å². The standard InChI is InChI=1S/C39H46N6O/c1-4-29-13-9-10-14-34(29)38-30(5-2)23-41-36(44-38)21-27-15-17-31(18-16-27)37(39(46)42-22-28-11-7-6-8-12-28)35-20-19-32(24-40-35)33-25-43-45(3)26-33/h2,6-8,11-12,19-20,23-27,29,31,34,37H,4,9-10,13-18,21-22H2,1,3H3,(H,42,46). The first-order valence-corrected chi connectivity index (χ1v) is 17.1. The average Bonchev–Trinajstić information content (AvgIpc) is 3.55. The van der Waals surface area contributed by atoms with E-state index < -0.39 is 0 Å². The van der Waals surface area contributed by atoms with E-state index in [9.17, 15) is 4.79 Å². The molecule has 7 nitrogen and oxygen atoms in total. The number of terminal acetylenes is 1. The van der Waals surface area contributed by atoms with Crippen LogP contribution in [0.25, 0.3) is 11.1 Å². The van der Waals surface area contributed by atoms with E-state index in [-0.39, 0.29) is 17.7 Å². The maximum absolute atomic E-state index is 13.8. The lowest BCUT2D eigenvalue weighted by atomic mass is 9.73. The van der Waals surface area contributed by atoms with Gasteiger partial charge in [0.15, 0.2) is 0 Å². The zero-order valence-corrected chi connectivity index (χ0v) is 27.2. The van der Waals surface area contributed by atoms with Crippen molar-refractivity contribution < 1.29 is 4.79 Å². The second kappa shape index (κ2) is 14.9. The first kappa shape index (κ1) is 31.7. The summed E-state index contributed by atoms with van der Waals surface area (Å²) in [6.07, 6.45) is 24.5. The Hall–Kier alpha value is -4.31. The lowest BCUT2D eigenvalue weighted by Gasteiger charge is -2.33. The average molecular weight is 615 g/mol. The first-order valence-electron chi connectivity index (χ1n) is 17.1. The van der Waals surface area contributed by atoms with E-state index in [2.05, 4.69) is 29.3 Å². The summed E-state index contributed by atoms with van der Waals surface area (Å²) >= 11 is 0. The molecular weight excluding hydrogens is 568 g/mol. The summed E-state index contributed by atoms with van der Waals surface area (Å²) in [5, 5.41) is 7.52. The van der Waals surface area contributed by atoms with Crippen molar-refractivity contribution in [1.29, 1.82) is 0 Å². The summed E-state index contributed by atoms with van der Waals surface area (Å²) in [6.45, 7) is 2.80. The maximum Gasteiger partial charge on any atom is 0.229 e. The van der Waals surface area contributed by atoms with Gasteiger partial charge in [-0.1, -0.05) is 68.5 Å². The summed E-state index contributed by atoms with van der Waals surface area (Å²) in [5.41, 5.74) is 5.90. The molecule has 3 unspecified atom stereocenters. The van der Waals surface area contributed by atoms with Gasteiger partial charge in [0.1, 0.15) is 5.82 Å². The van der Waals surface area contributed by atoms with Crippen LogP contribution in [0.2, 0.25) is 0 Å². The molecule has 1 aromatic carbocycles. The number of hydrogen-bond acceptors (Lipinski definition) is 5. The fraction of sp³-hybridized carbons (Fsp3) is 0.462. The second-order valence-corrected chi connectivity index (χ2v) is 13.3. The third kappa shape index (κ3) is 7.39. The van der Waals surface area contributed by atoms with Crippen LogP contribution in [0.1, 0.15) is 105 Å². The summed E-state index contributed by atoms with van der Waals surface area (Å²) < 4.78 is 1.79. The molecule has 2 saturated carbocycles. The highest BCUT2D eigenvalue weighted by atomic mass is 16.1. The Morgan fingerprint density at radius 1 is 0.978 bits per heavy atom. The molecule has 46 heavy (non-hydrogen) atoms. The molecule has 3 atom stereocenters. The third-order valence-corrected chi connectivity index (χ3v) is 10.4. The Morgan fingerprint density at radius 3 is 2.48 bits per heavy atom. The van der Waals surface area contributed by atoms with Gasteiger partial charge in [-0.2, -0.15) is 5.10 Å². The van der Waals surface area contributed by atoms with Gasteiger partial charge in [0.2, 0.25) is 5.91 Å². The Balaban J connectivity index is 1.15. The van der Waals surface area contributed by atoms with E-state index in [1.54, 1.807) is 4.68 Å². The van der Waals surface area contributed by atoms with Crippen molar-refractivity contribution in [2.24, 2.45) is 24.8 Å². The molecule has 3 aromatic heterocycles. The molecule has 0 saturated heterocycles. The minimum Gasteiger partial charge on any atom is -0.351 e. The molecule has 1 amide bonds. The molecule has 2 aliphatic rings. The van der Waals surface area contributed by atoms with Gasteiger partial charge in [-0.25, -0.2) is 9.97 Å². The minimum atomic E-state index is -0.303. The Morgan fingerprint density at radius 2 is 1.78 bits per heavy atom. The zero-order valence-electron chi connectivity index (χ0n) is 27.2. The number of aromatic nitrogens is 5. The number of carbonyl (C=O) groups excluding carboxylic acids is 1. The van der Waals surface area contributed by atoms with Gasteiger partial charge in [-0.05, 0) is 67.9 Å². The van der Waals surface area contributed by atoms with Crippen LogP contribution in [0.3, 0.4) is 0 Å². The van der Waals surface area contributed by atoms with E-state index in [0.29, 0.717) is 24.3 Å². The Bertz CT molecular complexity index is 1630. The van der Waals surface area contributed by atoms with Crippen LogP contribution in [0.4, 0.5) is 0 Å². The van der Waals surface area contributed by atoms with E-state index in [4.69, 9.17) is 21.4 Å². The van der Waals surface area contributed by atoms with Crippen molar-refractivity contribution in [3.05, 3.63) is 95.6 Å². The molecule has 0 aliphatic heterocycles. The molecule has 0 bridgehead atoms. The molecule has 4 aromatic rings. The number of benzene rings is 1. The number of amides is 1. The Labute approximate surface area is 273 Å². The molecule has 3 heterocycles. The van der Waals surface area contributed by atoms with Crippen LogP contribution in [-0.2, 0) is 24.8 Å². The predicted molar refractivity (Wildman–Crippen MR) is 182 cm³/mol. The molecule has 2 aliphatic carbocycles. The lowest BCUT2D eigenvalue weighted by molar-refractivity contribution is -0.124. The van der Waals surface area contributed by atoms with Gasteiger partial charge < -0.3 is 5.32 Å². The van der Waals surface area contributed by atoms with Crippen LogP contribution >= 0.6 is 0 Å². The number of aryl methyl sites for hydroxylation is 1. The van der Waals surface area contributed by atoms with Crippen molar-refractivity contribution in [1.82, 2.24) is 30.0 Å². The van der Waals surface area contributed by atoms with Crippen molar-refractivity contribution in [3.8, 4) is 23.5 Å². The Kier molecular flexibility index (Phi) is 10.2. The van der Waals surface area contributed by atoms with Crippen LogP contribution < -0.4 is 5.32 Å².